The zero-order valence-corrected chi connectivity index (χ0v) is 13.9. The summed E-state index contributed by atoms with van der Waals surface area (Å²) >= 11 is 5.94. The van der Waals surface area contributed by atoms with Crippen LogP contribution >= 0.6 is 11.6 Å². The van der Waals surface area contributed by atoms with Crippen molar-refractivity contribution in [1.29, 1.82) is 5.26 Å². The number of hydrogen-bond donors (Lipinski definition) is 0. The van der Waals surface area contributed by atoms with Crippen LogP contribution in [0.25, 0.3) is 11.1 Å². The molecule has 124 valence electrons. The van der Waals surface area contributed by atoms with Gasteiger partial charge in [0.15, 0.2) is 0 Å². The average Bonchev–Trinajstić information content (AvgIpc) is 2.62. The van der Waals surface area contributed by atoms with Crippen molar-refractivity contribution in [3.05, 3.63) is 45.7 Å². The van der Waals surface area contributed by atoms with Crippen LogP contribution in [0.4, 0.5) is 5.82 Å². The van der Waals surface area contributed by atoms with E-state index in [9.17, 15) is 4.79 Å². The fourth-order valence-electron chi connectivity index (χ4n) is 2.62. The smallest absolute Gasteiger partial charge is 0.274 e. The van der Waals surface area contributed by atoms with Crippen LogP contribution in [-0.4, -0.2) is 36.1 Å². The fraction of sp³-hybridized carbons (Fsp3) is 0.353. The molecule has 3 rings (SSSR count). The van der Waals surface area contributed by atoms with Crippen molar-refractivity contribution in [3.8, 4) is 17.2 Å². The topological polar surface area (TPSA) is 71.2 Å². The first-order chi connectivity index (χ1) is 11.7. The number of nitriles is 1. The third-order valence-electron chi connectivity index (χ3n) is 3.89. The Morgan fingerprint density at radius 1 is 1.25 bits per heavy atom. The zero-order chi connectivity index (χ0) is 16.9. The lowest BCUT2D eigenvalue weighted by atomic mass is 10.1. The minimum atomic E-state index is -0.204. The largest absolute Gasteiger partial charge is 0.378 e. The van der Waals surface area contributed by atoms with Gasteiger partial charge in [-0.3, -0.25) is 4.79 Å². The van der Waals surface area contributed by atoms with Crippen LogP contribution in [0.5, 0.6) is 0 Å². The highest BCUT2D eigenvalue weighted by Gasteiger charge is 2.17. The van der Waals surface area contributed by atoms with Gasteiger partial charge in [-0.1, -0.05) is 23.7 Å². The normalized spacial score (nSPS) is 14.4. The molecule has 1 aromatic carbocycles. The molecule has 1 aliphatic rings. The minimum absolute atomic E-state index is 0.204. The molecule has 2 heterocycles. The van der Waals surface area contributed by atoms with Crippen molar-refractivity contribution in [2.75, 3.05) is 31.2 Å². The van der Waals surface area contributed by atoms with Gasteiger partial charge in [0.05, 0.1) is 37.8 Å². The first-order valence-electron chi connectivity index (χ1n) is 7.77. The summed E-state index contributed by atoms with van der Waals surface area (Å²) in [5, 5.41) is 13.9. The predicted octanol–water partition coefficient (Wildman–Crippen LogP) is 2.31. The minimum Gasteiger partial charge on any atom is -0.378 e. The second-order valence-corrected chi connectivity index (χ2v) is 5.90. The quantitative estimate of drug-likeness (QED) is 0.851. The van der Waals surface area contributed by atoms with E-state index in [0.717, 1.165) is 24.5 Å². The molecule has 1 saturated heterocycles. The van der Waals surface area contributed by atoms with E-state index in [-0.39, 0.29) is 18.5 Å². The molecule has 0 amide bonds. The summed E-state index contributed by atoms with van der Waals surface area (Å²) in [7, 11) is 0. The molecule has 24 heavy (non-hydrogen) atoms. The number of aryl methyl sites for hydroxylation is 1. The standard InChI is InChI=1S/C17H17ClN4O2/c18-14-4-2-13(3-5-14)15-12-16(21-8-10-24-11-9-21)20-22(17(15)23)7-1-6-19/h2-5,12H,1,7-11H2. The van der Waals surface area contributed by atoms with E-state index in [4.69, 9.17) is 21.6 Å². The van der Waals surface area contributed by atoms with Crippen LogP contribution in [0.2, 0.25) is 5.02 Å². The number of benzene rings is 1. The number of morpholine rings is 1. The lowest BCUT2D eigenvalue weighted by Crippen LogP contribution is -2.38. The second kappa shape index (κ2) is 7.47. The molecule has 0 unspecified atom stereocenters. The van der Waals surface area contributed by atoms with E-state index < -0.39 is 0 Å². The highest BCUT2D eigenvalue weighted by Crippen LogP contribution is 2.22. The Balaban J connectivity index is 2.06. The van der Waals surface area contributed by atoms with E-state index in [1.165, 1.54) is 4.68 Å². The lowest BCUT2D eigenvalue weighted by Gasteiger charge is -2.28. The maximum absolute atomic E-state index is 12.7. The van der Waals surface area contributed by atoms with Gasteiger partial charge >= 0.3 is 0 Å². The Labute approximate surface area is 144 Å². The van der Waals surface area contributed by atoms with Gasteiger partial charge in [-0.05, 0) is 23.8 Å². The molecule has 6 nitrogen and oxygen atoms in total. The van der Waals surface area contributed by atoms with Crippen molar-refractivity contribution in [1.82, 2.24) is 9.78 Å². The van der Waals surface area contributed by atoms with Crippen molar-refractivity contribution in [2.24, 2.45) is 0 Å². The van der Waals surface area contributed by atoms with Crippen LogP contribution in [0.15, 0.2) is 35.1 Å². The number of anilines is 1. The summed E-state index contributed by atoms with van der Waals surface area (Å²) in [6.45, 7) is 2.99. The predicted molar refractivity (Wildman–Crippen MR) is 92.2 cm³/mol. The van der Waals surface area contributed by atoms with Gasteiger partial charge in [-0.2, -0.15) is 10.4 Å². The van der Waals surface area contributed by atoms with E-state index in [2.05, 4.69) is 16.1 Å². The third-order valence-corrected chi connectivity index (χ3v) is 4.14. The Morgan fingerprint density at radius 2 is 1.96 bits per heavy atom. The van der Waals surface area contributed by atoms with Gasteiger partial charge in [0.1, 0.15) is 5.82 Å². The van der Waals surface area contributed by atoms with Crippen LogP contribution in [0, 0.1) is 11.3 Å². The Morgan fingerprint density at radius 3 is 2.62 bits per heavy atom. The maximum Gasteiger partial charge on any atom is 0.274 e. The molecule has 7 heteroatoms. The van der Waals surface area contributed by atoms with Gasteiger partial charge < -0.3 is 9.64 Å². The van der Waals surface area contributed by atoms with Crippen LogP contribution < -0.4 is 10.5 Å². The molecule has 0 bridgehead atoms. The molecule has 0 N–H and O–H groups in total. The zero-order valence-electron chi connectivity index (χ0n) is 13.1. The van der Waals surface area contributed by atoms with E-state index in [1.807, 2.05) is 12.1 Å². The van der Waals surface area contributed by atoms with Crippen LogP contribution in [0.3, 0.4) is 0 Å². The van der Waals surface area contributed by atoms with E-state index in [0.29, 0.717) is 23.8 Å². The third kappa shape index (κ3) is 3.58. The fourth-order valence-corrected chi connectivity index (χ4v) is 2.74. The van der Waals surface area contributed by atoms with Crippen molar-refractivity contribution in [3.63, 3.8) is 0 Å². The summed E-state index contributed by atoms with van der Waals surface area (Å²) in [5.41, 5.74) is 1.14. The van der Waals surface area contributed by atoms with Gasteiger partial charge in [0, 0.05) is 18.1 Å². The first-order valence-corrected chi connectivity index (χ1v) is 8.14. The number of rotatable bonds is 4. The SMILES string of the molecule is N#CCCn1nc(N2CCOCC2)cc(-c2ccc(Cl)cc2)c1=O. The second-order valence-electron chi connectivity index (χ2n) is 5.46. The molecule has 0 spiro atoms. The summed E-state index contributed by atoms with van der Waals surface area (Å²) < 4.78 is 6.75. The molecule has 0 saturated carbocycles. The Bertz CT molecular complexity index is 805. The van der Waals surface area contributed by atoms with Crippen molar-refractivity contribution < 1.29 is 4.74 Å². The number of aromatic nitrogens is 2. The summed E-state index contributed by atoms with van der Waals surface area (Å²) in [6.07, 6.45) is 0.236. The number of ether oxygens (including phenoxy) is 1. The average molecular weight is 345 g/mol. The molecular weight excluding hydrogens is 328 g/mol. The monoisotopic (exact) mass is 344 g/mol. The molecule has 0 atom stereocenters. The number of nitrogens with zero attached hydrogens (tertiary/aromatic N) is 4. The van der Waals surface area contributed by atoms with Gasteiger partial charge in [-0.15, -0.1) is 0 Å². The van der Waals surface area contributed by atoms with Crippen molar-refractivity contribution in [2.45, 2.75) is 13.0 Å². The summed E-state index contributed by atoms with van der Waals surface area (Å²) in [5.74, 6) is 0.723. The number of halogens is 1. The molecular formula is C17H17ClN4O2. The summed E-state index contributed by atoms with van der Waals surface area (Å²) in [6, 6.07) is 11.0. The lowest BCUT2D eigenvalue weighted by molar-refractivity contribution is 0.122. The Hall–Kier alpha value is -2.36. The highest BCUT2D eigenvalue weighted by molar-refractivity contribution is 6.30. The molecule has 1 aliphatic heterocycles. The Kier molecular flexibility index (Phi) is 5.14. The van der Waals surface area contributed by atoms with E-state index >= 15 is 0 Å². The molecule has 2 aromatic rings. The molecule has 1 aromatic heterocycles. The van der Waals surface area contributed by atoms with Gasteiger partial charge in [0.25, 0.3) is 5.56 Å². The van der Waals surface area contributed by atoms with Gasteiger partial charge in [0.2, 0.25) is 0 Å². The van der Waals surface area contributed by atoms with E-state index in [1.54, 1.807) is 18.2 Å². The first kappa shape index (κ1) is 16.5. The van der Waals surface area contributed by atoms with Crippen LogP contribution in [-0.2, 0) is 11.3 Å². The molecule has 0 aliphatic carbocycles. The molecule has 1 fully saturated rings. The maximum atomic E-state index is 12.7. The summed E-state index contributed by atoms with van der Waals surface area (Å²) in [4.78, 5) is 14.8. The molecule has 0 radical (unpaired) electrons. The highest BCUT2D eigenvalue weighted by atomic mass is 35.5. The number of hydrogen-bond acceptors (Lipinski definition) is 5. The van der Waals surface area contributed by atoms with Crippen LogP contribution in [0.1, 0.15) is 6.42 Å². The van der Waals surface area contributed by atoms with Gasteiger partial charge in [-0.25, -0.2) is 4.68 Å². The van der Waals surface area contributed by atoms with Crippen molar-refractivity contribution >= 4 is 17.4 Å².